The summed E-state index contributed by atoms with van der Waals surface area (Å²) in [6.07, 6.45) is 14.1. The fourth-order valence-corrected chi connectivity index (χ4v) is 8.35. The van der Waals surface area contributed by atoms with Gasteiger partial charge in [-0.1, -0.05) is 140 Å². The maximum atomic E-state index is 2.52. The molecule has 0 bridgehead atoms. The van der Waals surface area contributed by atoms with Gasteiger partial charge in [-0.2, -0.15) is 0 Å². The second-order valence-electron chi connectivity index (χ2n) is 11.9. The van der Waals surface area contributed by atoms with E-state index in [1.54, 1.807) is 0 Å². The van der Waals surface area contributed by atoms with E-state index in [0.717, 1.165) is 0 Å². The highest BCUT2D eigenvalue weighted by molar-refractivity contribution is 6.31. The van der Waals surface area contributed by atoms with E-state index in [1.165, 1.54) is 88.3 Å². The summed E-state index contributed by atoms with van der Waals surface area (Å²) in [6, 6.07) is 40.6. The van der Waals surface area contributed by atoms with Gasteiger partial charge in [0, 0.05) is 11.8 Å². The van der Waals surface area contributed by atoms with E-state index < -0.39 is 0 Å². The van der Waals surface area contributed by atoms with Crippen LogP contribution in [0.4, 0.5) is 0 Å². The molecular formula is C42H26. The molecule has 2 unspecified atom stereocenters. The lowest BCUT2D eigenvalue weighted by Gasteiger charge is -2.26. The zero-order chi connectivity index (χ0) is 27.4. The van der Waals surface area contributed by atoms with Crippen LogP contribution in [0, 0.1) is 11.8 Å². The van der Waals surface area contributed by atoms with E-state index in [1.807, 2.05) is 0 Å². The summed E-state index contributed by atoms with van der Waals surface area (Å²) in [6.45, 7) is 0. The summed E-state index contributed by atoms with van der Waals surface area (Å²) in [5.41, 5.74) is 16.4. The number of hydrogen-bond acceptors (Lipinski definition) is 0. The monoisotopic (exact) mass is 530 g/mol. The van der Waals surface area contributed by atoms with E-state index >= 15 is 0 Å². The highest BCUT2D eigenvalue weighted by Crippen LogP contribution is 2.61. The molecule has 0 saturated heterocycles. The Labute approximate surface area is 245 Å². The van der Waals surface area contributed by atoms with E-state index in [9.17, 15) is 0 Å². The summed E-state index contributed by atoms with van der Waals surface area (Å²) >= 11 is 0. The van der Waals surface area contributed by atoms with Gasteiger partial charge in [-0.05, 0) is 94.4 Å². The van der Waals surface area contributed by atoms with Gasteiger partial charge in [0.25, 0.3) is 0 Å². The molecule has 4 aliphatic rings. The zero-order valence-electron chi connectivity index (χ0n) is 23.0. The molecule has 10 rings (SSSR count). The lowest BCUT2D eigenvalue weighted by molar-refractivity contribution is 0.707. The van der Waals surface area contributed by atoms with Gasteiger partial charge in [0.1, 0.15) is 0 Å². The van der Waals surface area contributed by atoms with Crippen LogP contribution in [0.5, 0.6) is 0 Å². The number of fused-ring (bicyclic) bond motifs is 8. The summed E-state index contributed by atoms with van der Waals surface area (Å²) in [7, 11) is 0. The topological polar surface area (TPSA) is 0 Å². The molecule has 0 nitrogen and oxygen atoms in total. The Morgan fingerprint density at radius 2 is 0.976 bits per heavy atom. The SMILES string of the molecule is C1=CC2C=CC=C3c4c(c(-c5ccccc5)c5cc6c7c(cccc7c5c4-c4ccccc4)-c4ccccc4-6)C(=C1)C32. The van der Waals surface area contributed by atoms with E-state index in [4.69, 9.17) is 0 Å². The molecule has 0 heterocycles. The third-order valence-electron chi connectivity index (χ3n) is 9.91. The fraction of sp³-hybridized carbons (Fsp3) is 0.0476. The van der Waals surface area contributed by atoms with E-state index in [2.05, 4.69) is 146 Å². The van der Waals surface area contributed by atoms with Gasteiger partial charge in [-0.15, -0.1) is 0 Å². The quantitative estimate of drug-likeness (QED) is 0.195. The summed E-state index contributed by atoms with van der Waals surface area (Å²) in [5.74, 6) is 0.740. The van der Waals surface area contributed by atoms with E-state index in [0.29, 0.717) is 11.8 Å². The normalized spacial score (nSPS) is 18.6. The molecule has 194 valence electrons. The van der Waals surface area contributed by atoms with Crippen molar-refractivity contribution in [3.05, 3.63) is 157 Å². The molecule has 0 fully saturated rings. The van der Waals surface area contributed by atoms with Crippen LogP contribution in [0.3, 0.4) is 0 Å². The first kappa shape index (κ1) is 22.5. The second kappa shape index (κ2) is 8.18. The molecule has 4 aliphatic carbocycles. The molecule has 0 heteroatoms. The summed E-state index contributed by atoms with van der Waals surface area (Å²) in [4.78, 5) is 0. The van der Waals surface area contributed by atoms with Crippen LogP contribution in [-0.4, -0.2) is 0 Å². The Morgan fingerprint density at radius 1 is 0.405 bits per heavy atom. The Hall–Kier alpha value is -5.20. The average molecular weight is 531 g/mol. The first-order valence-corrected chi connectivity index (χ1v) is 15.0. The highest BCUT2D eigenvalue weighted by Gasteiger charge is 2.42. The zero-order valence-corrected chi connectivity index (χ0v) is 23.0. The average Bonchev–Trinajstić information content (AvgIpc) is 3.56. The predicted molar refractivity (Wildman–Crippen MR) is 178 cm³/mol. The van der Waals surface area contributed by atoms with Crippen molar-refractivity contribution in [3.8, 4) is 44.5 Å². The maximum absolute atomic E-state index is 2.52. The molecule has 42 heavy (non-hydrogen) atoms. The van der Waals surface area contributed by atoms with Gasteiger partial charge in [0.2, 0.25) is 0 Å². The van der Waals surface area contributed by atoms with Gasteiger partial charge >= 0.3 is 0 Å². The van der Waals surface area contributed by atoms with Crippen molar-refractivity contribution in [2.24, 2.45) is 11.8 Å². The molecule has 6 aromatic rings. The number of allylic oxidation sites excluding steroid dienone is 8. The van der Waals surface area contributed by atoms with Crippen LogP contribution in [0.2, 0.25) is 0 Å². The second-order valence-corrected chi connectivity index (χ2v) is 11.9. The van der Waals surface area contributed by atoms with Crippen LogP contribution >= 0.6 is 0 Å². The minimum Gasteiger partial charge on any atom is -0.0767 e. The number of rotatable bonds is 2. The van der Waals surface area contributed by atoms with Gasteiger partial charge in [-0.3, -0.25) is 0 Å². The standard InChI is InChI=1S/C42H26/c1-3-12-26(13-4-1)37-35-24-34-29-19-8-7-18-28(29)30-20-11-23-33(39(30)34)40(35)38(27-14-5-2-6-15-27)42-32-22-10-17-25-16-9-21-31(36(25)32)41(37)42/h1-25,36H. The van der Waals surface area contributed by atoms with Crippen LogP contribution in [-0.2, 0) is 0 Å². The molecule has 0 radical (unpaired) electrons. The van der Waals surface area contributed by atoms with Crippen molar-refractivity contribution in [1.82, 2.24) is 0 Å². The van der Waals surface area contributed by atoms with E-state index in [-0.39, 0.29) is 0 Å². The summed E-state index contributed by atoms with van der Waals surface area (Å²) < 4.78 is 0. The molecule has 0 aromatic heterocycles. The van der Waals surface area contributed by atoms with Crippen molar-refractivity contribution in [2.75, 3.05) is 0 Å². The first-order valence-electron chi connectivity index (χ1n) is 15.0. The minimum atomic E-state index is 0.353. The van der Waals surface area contributed by atoms with Crippen LogP contribution in [0.1, 0.15) is 11.1 Å². The molecular weight excluding hydrogens is 504 g/mol. The van der Waals surface area contributed by atoms with Crippen LogP contribution in [0.15, 0.2) is 146 Å². The predicted octanol–water partition coefficient (Wildman–Crippen LogP) is 11.1. The number of hydrogen-bond donors (Lipinski definition) is 0. The molecule has 2 atom stereocenters. The first-order chi connectivity index (χ1) is 20.9. The van der Waals surface area contributed by atoms with Crippen molar-refractivity contribution in [2.45, 2.75) is 0 Å². The Kier molecular flexibility index (Phi) is 4.38. The molecule has 6 aromatic carbocycles. The van der Waals surface area contributed by atoms with Crippen LogP contribution in [0.25, 0.3) is 77.2 Å². The largest absolute Gasteiger partial charge is 0.0767 e. The Morgan fingerprint density at radius 3 is 1.67 bits per heavy atom. The van der Waals surface area contributed by atoms with Gasteiger partial charge < -0.3 is 0 Å². The van der Waals surface area contributed by atoms with Crippen molar-refractivity contribution >= 4 is 32.7 Å². The lowest BCUT2D eigenvalue weighted by Crippen LogP contribution is -2.14. The molecule has 0 spiro atoms. The molecule has 0 aliphatic heterocycles. The Bertz CT molecular complexity index is 2270. The third-order valence-corrected chi connectivity index (χ3v) is 9.91. The van der Waals surface area contributed by atoms with Gasteiger partial charge in [-0.25, -0.2) is 0 Å². The van der Waals surface area contributed by atoms with Crippen LogP contribution < -0.4 is 0 Å². The smallest absolute Gasteiger partial charge is 0.0200 e. The van der Waals surface area contributed by atoms with Crippen molar-refractivity contribution in [3.63, 3.8) is 0 Å². The van der Waals surface area contributed by atoms with Gasteiger partial charge in [0.05, 0.1) is 0 Å². The van der Waals surface area contributed by atoms with Gasteiger partial charge in [0.15, 0.2) is 0 Å². The third kappa shape index (κ3) is 2.77. The highest BCUT2D eigenvalue weighted by atomic mass is 14.4. The number of benzene rings is 6. The molecule has 0 saturated carbocycles. The summed E-state index contributed by atoms with van der Waals surface area (Å²) in [5, 5.41) is 5.44. The van der Waals surface area contributed by atoms with Crippen molar-refractivity contribution in [1.29, 1.82) is 0 Å². The Balaban J connectivity index is 1.50. The molecule has 0 amide bonds. The maximum Gasteiger partial charge on any atom is 0.0200 e. The fourth-order valence-electron chi connectivity index (χ4n) is 8.35. The minimum absolute atomic E-state index is 0.353. The lowest BCUT2D eigenvalue weighted by atomic mass is 9.77. The van der Waals surface area contributed by atoms with Crippen molar-refractivity contribution < 1.29 is 0 Å². The molecule has 0 N–H and O–H groups in total.